The van der Waals surface area contributed by atoms with Crippen LogP contribution in [0, 0.1) is 20.8 Å². The molecular weight excluding hydrogens is 372 g/mol. The SMILES string of the molecule is Cc1cc(C)c(C(C)NC(=O)c2ccc(NS(C)(=O)=O)cc2Cl)cc1C. The van der Waals surface area contributed by atoms with Gasteiger partial charge >= 0.3 is 0 Å². The summed E-state index contributed by atoms with van der Waals surface area (Å²) in [6.45, 7) is 8.03. The quantitative estimate of drug-likeness (QED) is 0.800. The highest BCUT2D eigenvalue weighted by Gasteiger charge is 2.17. The number of anilines is 1. The van der Waals surface area contributed by atoms with Crippen molar-refractivity contribution in [2.45, 2.75) is 33.7 Å². The number of halogens is 1. The molecule has 1 amide bonds. The summed E-state index contributed by atoms with van der Waals surface area (Å²) < 4.78 is 24.9. The Morgan fingerprint density at radius 2 is 1.65 bits per heavy atom. The summed E-state index contributed by atoms with van der Waals surface area (Å²) in [6.07, 6.45) is 1.05. The Labute approximate surface area is 159 Å². The van der Waals surface area contributed by atoms with Crippen LogP contribution in [0.25, 0.3) is 0 Å². The highest BCUT2D eigenvalue weighted by Crippen LogP contribution is 2.25. The number of carbonyl (C=O) groups excluding carboxylic acids is 1. The van der Waals surface area contributed by atoms with E-state index in [1.165, 1.54) is 29.3 Å². The summed E-state index contributed by atoms with van der Waals surface area (Å²) in [6, 6.07) is 8.43. The van der Waals surface area contributed by atoms with E-state index >= 15 is 0 Å². The normalized spacial score (nSPS) is 12.5. The zero-order chi connectivity index (χ0) is 19.6. The molecule has 0 bridgehead atoms. The molecule has 0 heterocycles. The van der Waals surface area contributed by atoms with Crippen molar-refractivity contribution in [2.24, 2.45) is 0 Å². The van der Waals surface area contributed by atoms with Gasteiger partial charge in [-0.25, -0.2) is 8.42 Å². The molecule has 0 aliphatic carbocycles. The van der Waals surface area contributed by atoms with Crippen molar-refractivity contribution in [1.29, 1.82) is 0 Å². The third kappa shape index (κ3) is 4.99. The number of amides is 1. The summed E-state index contributed by atoms with van der Waals surface area (Å²) in [5.41, 5.74) is 5.14. The van der Waals surface area contributed by atoms with E-state index in [2.05, 4.69) is 29.1 Å². The molecule has 0 radical (unpaired) electrons. The molecule has 2 N–H and O–H groups in total. The maximum Gasteiger partial charge on any atom is 0.253 e. The summed E-state index contributed by atoms with van der Waals surface area (Å²) in [4.78, 5) is 12.6. The lowest BCUT2D eigenvalue weighted by molar-refractivity contribution is 0.0940. The molecular formula is C19H23ClN2O3S. The molecule has 0 saturated carbocycles. The van der Waals surface area contributed by atoms with E-state index in [9.17, 15) is 13.2 Å². The van der Waals surface area contributed by atoms with Gasteiger partial charge in [0.05, 0.1) is 22.9 Å². The molecule has 0 aromatic heterocycles. The van der Waals surface area contributed by atoms with Crippen LogP contribution < -0.4 is 10.0 Å². The molecule has 0 fully saturated rings. The van der Waals surface area contributed by atoms with Gasteiger partial charge in [0, 0.05) is 5.69 Å². The molecule has 1 atom stereocenters. The van der Waals surface area contributed by atoms with Crippen LogP contribution in [0.2, 0.25) is 5.02 Å². The zero-order valence-corrected chi connectivity index (χ0v) is 17.0. The van der Waals surface area contributed by atoms with Gasteiger partial charge in [-0.15, -0.1) is 0 Å². The number of aryl methyl sites for hydroxylation is 3. The average Bonchev–Trinajstić information content (AvgIpc) is 2.49. The molecule has 140 valence electrons. The Bertz CT molecular complexity index is 955. The second kappa shape index (κ2) is 7.68. The Morgan fingerprint density at radius 3 is 2.23 bits per heavy atom. The van der Waals surface area contributed by atoms with E-state index in [0.29, 0.717) is 11.3 Å². The van der Waals surface area contributed by atoms with Crippen molar-refractivity contribution >= 4 is 33.2 Å². The molecule has 0 spiro atoms. The minimum absolute atomic E-state index is 0.181. The van der Waals surface area contributed by atoms with E-state index in [1.807, 2.05) is 20.8 Å². The van der Waals surface area contributed by atoms with Gasteiger partial charge in [-0.3, -0.25) is 9.52 Å². The summed E-state index contributed by atoms with van der Waals surface area (Å²) >= 11 is 6.16. The Balaban J connectivity index is 2.21. The lowest BCUT2D eigenvalue weighted by Crippen LogP contribution is -2.27. The Kier molecular flexibility index (Phi) is 5.98. The Morgan fingerprint density at radius 1 is 1.04 bits per heavy atom. The largest absolute Gasteiger partial charge is 0.345 e. The number of nitrogens with one attached hydrogen (secondary N) is 2. The number of carbonyl (C=O) groups is 1. The van der Waals surface area contributed by atoms with Gasteiger partial charge < -0.3 is 5.32 Å². The van der Waals surface area contributed by atoms with E-state index in [1.54, 1.807) is 0 Å². The van der Waals surface area contributed by atoms with Crippen molar-refractivity contribution < 1.29 is 13.2 Å². The third-order valence-electron chi connectivity index (χ3n) is 4.21. The molecule has 2 rings (SSSR count). The Hall–Kier alpha value is -2.05. The van der Waals surface area contributed by atoms with E-state index < -0.39 is 10.0 Å². The van der Waals surface area contributed by atoms with Crippen molar-refractivity contribution in [1.82, 2.24) is 5.32 Å². The van der Waals surface area contributed by atoms with Crippen LogP contribution in [0.3, 0.4) is 0 Å². The van der Waals surface area contributed by atoms with Crippen LogP contribution in [0.1, 0.15) is 45.6 Å². The summed E-state index contributed by atoms with van der Waals surface area (Å²) in [5, 5.41) is 3.13. The summed E-state index contributed by atoms with van der Waals surface area (Å²) in [5.74, 6) is -0.314. The lowest BCUT2D eigenvalue weighted by atomic mass is 9.96. The maximum absolute atomic E-state index is 12.6. The van der Waals surface area contributed by atoms with Crippen LogP contribution in [-0.2, 0) is 10.0 Å². The van der Waals surface area contributed by atoms with Gasteiger partial charge in [-0.05, 0) is 68.1 Å². The highest BCUT2D eigenvalue weighted by atomic mass is 35.5. The average molecular weight is 395 g/mol. The molecule has 1 unspecified atom stereocenters. The van der Waals surface area contributed by atoms with Crippen molar-refractivity contribution in [3.05, 3.63) is 63.2 Å². The molecule has 2 aromatic carbocycles. The standard InChI is InChI=1S/C19H23ClN2O3S/c1-11-8-13(3)17(9-12(11)2)14(4)21-19(23)16-7-6-15(10-18(16)20)22-26(5,24)25/h6-10,14,22H,1-5H3,(H,21,23). The topological polar surface area (TPSA) is 75.3 Å². The van der Waals surface area contributed by atoms with Gasteiger partial charge in [-0.2, -0.15) is 0 Å². The van der Waals surface area contributed by atoms with E-state index in [0.717, 1.165) is 17.4 Å². The molecule has 0 saturated heterocycles. The molecule has 0 aliphatic heterocycles. The molecule has 2 aromatic rings. The van der Waals surface area contributed by atoms with Crippen LogP contribution in [0.15, 0.2) is 30.3 Å². The van der Waals surface area contributed by atoms with Crippen LogP contribution in [0.5, 0.6) is 0 Å². The van der Waals surface area contributed by atoms with Gasteiger partial charge in [0.1, 0.15) is 0 Å². The number of benzene rings is 2. The van der Waals surface area contributed by atoms with Crippen LogP contribution >= 0.6 is 11.6 Å². The second-order valence-corrected chi connectivity index (χ2v) is 8.71. The first-order valence-corrected chi connectivity index (χ1v) is 10.4. The first-order valence-electron chi connectivity index (χ1n) is 8.14. The first kappa shape index (κ1) is 20.3. The van der Waals surface area contributed by atoms with Gasteiger partial charge in [-0.1, -0.05) is 23.7 Å². The molecule has 26 heavy (non-hydrogen) atoms. The van der Waals surface area contributed by atoms with E-state index in [4.69, 9.17) is 11.6 Å². The molecule has 7 heteroatoms. The number of hydrogen-bond acceptors (Lipinski definition) is 3. The third-order valence-corrected chi connectivity index (χ3v) is 5.13. The highest BCUT2D eigenvalue weighted by molar-refractivity contribution is 7.92. The van der Waals surface area contributed by atoms with Crippen molar-refractivity contribution in [2.75, 3.05) is 11.0 Å². The van der Waals surface area contributed by atoms with Crippen LogP contribution in [0.4, 0.5) is 5.69 Å². The number of rotatable bonds is 5. The van der Waals surface area contributed by atoms with Gasteiger partial charge in [0.25, 0.3) is 5.91 Å². The minimum atomic E-state index is -3.40. The zero-order valence-electron chi connectivity index (χ0n) is 15.5. The fourth-order valence-corrected chi connectivity index (χ4v) is 3.60. The van der Waals surface area contributed by atoms with E-state index in [-0.39, 0.29) is 17.0 Å². The fraction of sp³-hybridized carbons (Fsp3) is 0.316. The van der Waals surface area contributed by atoms with Crippen LogP contribution in [-0.4, -0.2) is 20.6 Å². The monoisotopic (exact) mass is 394 g/mol. The maximum atomic E-state index is 12.6. The number of sulfonamides is 1. The van der Waals surface area contributed by atoms with Gasteiger partial charge in [0.15, 0.2) is 0 Å². The predicted molar refractivity (Wildman–Crippen MR) is 106 cm³/mol. The predicted octanol–water partition coefficient (Wildman–Crippen LogP) is 4.13. The second-order valence-electron chi connectivity index (χ2n) is 6.56. The fourth-order valence-electron chi connectivity index (χ4n) is 2.78. The van der Waals surface area contributed by atoms with Crippen molar-refractivity contribution in [3.63, 3.8) is 0 Å². The smallest absolute Gasteiger partial charge is 0.253 e. The minimum Gasteiger partial charge on any atom is -0.345 e. The first-order chi connectivity index (χ1) is 12.0. The number of hydrogen-bond donors (Lipinski definition) is 2. The molecule has 5 nitrogen and oxygen atoms in total. The van der Waals surface area contributed by atoms with Crippen molar-refractivity contribution in [3.8, 4) is 0 Å². The van der Waals surface area contributed by atoms with Gasteiger partial charge in [0.2, 0.25) is 10.0 Å². The summed E-state index contributed by atoms with van der Waals surface area (Å²) in [7, 11) is -3.40. The molecule has 0 aliphatic rings. The lowest BCUT2D eigenvalue weighted by Gasteiger charge is -2.19.